The third-order valence-electron chi connectivity index (χ3n) is 4.38. The van der Waals surface area contributed by atoms with Gasteiger partial charge in [0.15, 0.2) is 11.5 Å². The average Bonchev–Trinajstić information content (AvgIpc) is 2.68. The lowest BCUT2D eigenvalue weighted by molar-refractivity contribution is 0.356. The smallest absolute Gasteiger partial charge is 0.227 e. The molecule has 0 amide bonds. The monoisotopic (exact) mass is 367 g/mol. The molecule has 27 heavy (non-hydrogen) atoms. The van der Waals surface area contributed by atoms with Crippen LogP contribution < -0.4 is 25.4 Å². The molecule has 0 atom stereocenters. The van der Waals surface area contributed by atoms with E-state index in [2.05, 4.69) is 39.6 Å². The van der Waals surface area contributed by atoms with E-state index in [4.69, 9.17) is 15.2 Å². The molecule has 1 heterocycles. The number of methoxy groups -OCH3 is 2. The van der Waals surface area contributed by atoms with Gasteiger partial charge in [-0.15, -0.1) is 0 Å². The second-order valence-electron chi connectivity index (χ2n) is 6.34. The first-order valence-electron chi connectivity index (χ1n) is 8.68. The van der Waals surface area contributed by atoms with Crippen molar-refractivity contribution >= 4 is 22.7 Å². The fourth-order valence-corrected chi connectivity index (χ4v) is 2.95. The Balaban J connectivity index is 1.88. The molecule has 0 bridgehead atoms. The summed E-state index contributed by atoms with van der Waals surface area (Å²) in [5.74, 6) is 2.18. The van der Waals surface area contributed by atoms with Crippen LogP contribution in [0, 0.1) is 0 Å². The highest BCUT2D eigenvalue weighted by atomic mass is 16.5. The molecule has 7 heteroatoms. The van der Waals surface area contributed by atoms with Crippen LogP contribution in [-0.4, -0.2) is 38.3 Å². The van der Waals surface area contributed by atoms with E-state index in [1.54, 1.807) is 20.3 Å². The summed E-state index contributed by atoms with van der Waals surface area (Å²) in [5, 5.41) is 3.88. The van der Waals surface area contributed by atoms with Gasteiger partial charge in [0.05, 0.1) is 19.7 Å². The maximum atomic E-state index is 6.18. The Labute approximate surface area is 159 Å². The molecule has 3 aromatic rings. The van der Waals surface area contributed by atoms with E-state index in [1.165, 1.54) is 11.1 Å². The molecule has 3 N–H and O–H groups in total. The Kier molecular flexibility index (Phi) is 5.61. The van der Waals surface area contributed by atoms with Crippen LogP contribution in [0.5, 0.6) is 11.5 Å². The van der Waals surface area contributed by atoms with E-state index in [9.17, 15) is 0 Å². The van der Waals surface area contributed by atoms with E-state index >= 15 is 0 Å². The van der Waals surface area contributed by atoms with Crippen molar-refractivity contribution in [3.8, 4) is 11.5 Å². The quantitative estimate of drug-likeness (QED) is 0.664. The predicted octanol–water partition coefficient (Wildman–Crippen LogP) is 2.58. The number of hydrogen-bond donors (Lipinski definition) is 2. The minimum atomic E-state index is 0.409. The number of nitrogen functional groups attached to an aromatic ring is 1. The van der Waals surface area contributed by atoms with Crippen LogP contribution in [0.25, 0.3) is 10.9 Å². The molecule has 0 radical (unpaired) electrons. The summed E-state index contributed by atoms with van der Waals surface area (Å²) in [6.07, 6.45) is 0. The molecule has 0 saturated carbocycles. The molecule has 1 aromatic heterocycles. The summed E-state index contributed by atoms with van der Waals surface area (Å²) in [6.45, 7) is 1.53. The van der Waals surface area contributed by atoms with Gasteiger partial charge in [-0.1, -0.05) is 24.3 Å². The van der Waals surface area contributed by atoms with Crippen LogP contribution in [-0.2, 0) is 13.1 Å². The molecule has 0 spiro atoms. The first-order valence-corrected chi connectivity index (χ1v) is 8.68. The highest BCUT2D eigenvalue weighted by Crippen LogP contribution is 2.34. The number of nitrogens with two attached hydrogens (primary N) is 1. The number of hydrogen-bond acceptors (Lipinski definition) is 7. The molecule has 0 aliphatic rings. The van der Waals surface area contributed by atoms with Crippen molar-refractivity contribution in [2.45, 2.75) is 13.1 Å². The molecule has 0 unspecified atom stereocenters. The van der Waals surface area contributed by atoms with Crippen LogP contribution in [0.15, 0.2) is 36.4 Å². The van der Waals surface area contributed by atoms with Crippen molar-refractivity contribution in [3.05, 3.63) is 47.5 Å². The van der Waals surface area contributed by atoms with Gasteiger partial charge in [0.2, 0.25) is 5.95 Å². The van der Waals surface area contributed by atoms with Gasteiger partial charge in [-0.2, -0.15) is 4.98 Å². The number of fused-ring (bicyclic) bond motifs is 1. The molecule has 7 nitrogen and oxygen atoms in total. The number of aromatic nitrogens is 2. The molecule has 142 valence electrons. The van der Waals surface area contributed by atoms with E-state index < -0.39 is 0 Å². The number of ether oxygens (including phenoxy) is 2. The third kappa shape index (κ3) is 4.03. The zero-order chi connectivity index (χ0) is 19.4. The molecule has 0 aliphatic carbocycles. The Hall–Kier alpha value is -3.06. The molecule has 2 aromatic carbocycles. The summed E-state index contributed by atoms with van der Waals surface area (Å²) in [5.41, 5.74) is 9.31. The van der Waals surface area contributed by atoms with E-state index in [-0.39, 0.29) is 0 Å². The number of anilines is 2. The third-order valence-corrected chi connectivity index (χ3v) is 4.38. The SMILES string of the molecule is CNCc1ccc(CN(C)c2nc(N)c3cc(OC)c(OC)cc3n2)cc1. The fraction of sp³-hybridized carbons (Fsp3) is 0.300. The summed E-state index contributed by atoms with van der Waals surface area (Å²) < 4.78 is 10.7. The topological polar surface area (TPSA) is 85.5 Å². The zero-order valence-electron chi connectivity index (χ0n) is 16.1. The summed E-state index contributed by atoms with van der Waals surface area (Å²) in [6, 6.07) is 12.1. The lowest BCUT2D eigenvalue weighted by atomic mass is 10.1. The minimum Gasteiger partial charge on any atom is -0.493 e. The first kappa shape index (κ1) is 18.7. The molecule has 0 fully saturated rings. The van der Waals surface area contributed by atoms with Gasteiger partial charge in [0.1, 0.15) is 5.82 Å². The molecule has 0 aliphatic heterocycles. The maximum Gasteiger partial charge on any atom is 0.227 e. The van der Waals surface area contributed by atoms with Crippen LogP contribution in [0.3, 0.4) is 0 Å². The van der Waals surface area contributed by atoms with Gasteiger partial charge in [0.25, 0.3) is 0 Å². The van der Waals surface area contributed by atoms with Crippen molar-refractivity contribution in [1.29, 1.82) is 0 Å². The largest absolute Gasteiger partial charge is 0.493 e. The van der Waals surface area contributed by atoms with E-state index in [0.717, 1.165) is 11.9 Å². The van der Waals surface area contributed by atoms with Gasteiger partial charge >= 0.3 is 0 Å². The average molecular weight is 367 g/mol. The number of benzene rings is 2. The number of nitrogens with one attached hydrogen (secondary N) is 1. The lowest BCUT2D eigenvalue weighted by Gasteiger charge is -2.19. The van der Waals surface area contributed by atoms with Gasteiger partial charge in [-0.3, -0.25) is 0 Å². The molecule has 3 rings (SSSR count). The summed E-state index contributed by atoms with van der Waals surface area (Å²) >= 11 is 0. The minimum absolute atomic E-state index is 0.409. The lowest BCUT2D eigenvalue weighted by Crippen LogP contribution is -2.20. The maximum absolute atomic E-state index is 6.18. The van der Waals surface area contributed by atoms with Crippen LogP contribution in [0.2, 0.25) is 0 Å². The predicted molar refractivity (Wildman–Crippen MR) is 108 cm³/mol. The van der Waals surface area contributed by atoms with E-state index in [0.29, 0.717) is 35.3 Å². The second kappa shape index (κ2) is 8.09. The highest BCUT2D eigenvalue weighted by Gasteiger charge is 2.14. The van der Waals surface area contributed by atoms with Crippen molar-refractivity contribution in [2.75, 3.05) is 38.9 Å². The standard InChI is InChI=1S/C20H25N5O2/c1-22-11-13-5-7-14(8-6-13)12-25(2)20-23-16-10-18(27-4)17(26-3)9-15(16)19(21)24-20/h5-10,22H,11-12H2,1-4H3,(H2,21,23,24). The van der Waals surface area contributed by atoms with E-state index in [1.807, 2.05) is 25.1 Å². The van der Waals surface area contributed by atoms with Gasteiger partial charge in [0, 0.05) is 31.6 Å². The van der Waals surface area contributed by atoms with Crippen LogP contribution >= 0.6 is 0 Å². The normalized spacial score (nSPS) is 10.8. The molecule has 0 saturated heterocycles. The van der Waals surface area contributed by atoms with Gasteiger partial charge in [-0.05, 0) is 24.2 Å². The Morgan fingerprint density at radius 3 is 2.26 bits per heavy atom. The Bertz CT molecular complexity index is 928. The Morgan fingerprint density at radius 2 is 1.63 bits per heavy atom. The number of nitrogens with zero attached hydrogens (tertiary/aromatic N) is 3. The van der Waals surface area contributed by atoms with Crippen molar-refractivity contribution in [2.24, 2.45) is 0 Å². The van der Waals surface area contributed by atoms with Crippen LogP contribution in [0.4, 0.5) is 11.8 Å². The summed E-state index contributed by atoms with van der Waals surface area (Å²) in [4.78, 5) is 11.1. The zero-order valence-corrected chi connectivity index (χ0v) is 16.1. The molecular weight excluding hydrogens is 342 g/mol. The summed E-state index contributed by atoms with van der Waals surface area (Å²) in [7, 11) is 7.07. The number of rotatable bonds is 7. The first-order chi connectivity index (χ1) is 13.0. The van der Waals surface area contributed by atoms with Crippen molar-refractivity contribution in [3.63, 3.8) is 0 Å². The molecular formula is C20H25N5O2. The van der Waals surface area contributed by atoms with Crippen molar-refractivity contribution in [1.82, 2.24) is 15.3 Å². The van der Waals surface area contributed by atoms with Gasteiger partial charge < -0.3 is 25.4 Å². The second-order valence-corrected chi connectivity index (χ2v) is 6.34. The highest BCUT2D eigenvalue weighted by molar-refractivity contribution is 5.91. The van der Waals surface area contributed by atoms with Crippen LogP contribution in [0.1, 0.15) is 11.1 Å². The Morgan fingerprint density at radius 1 is 1.00 bits per heavy atom. The van der Waals surface area contributed by atoms with Gasteiger partial charge in [-0.25, -0.2) is 4.98 Å². The fourth-order valence-electron chi connectivity index (χ4n) is 2.95. The van der Waals surface area contributed by atoms with Crippen molar-refractivity contribution < 1.29 is 9.47 Å².